The molecule has 0 aliphatic carbocycles. The molecule has 0 atom stereocenters. The van der Waals surface area contributed by atoms with Crippen molar-refractivity contribution in [2.24, 2.45) is 0 Å². The number of rotatable bonds is 2. The Kier molecular flexibility index (Phi) is 4.17. The maximum absolute atomic E-state index is 10.4. The Morgan fingerprint density at radius 2 is 1.31 bits per heavy atom. The van der Waals surface area contributed by atoms with Crippen molar-refractivity contribution in [3.63, 3.8) is 0 Å². The summed E-state index contributed by atoms with van der Waals surface area (Å²) >= 11 is 0. The van der Waals surface area contributed by atoms with Crippen LogP contribution in [-0.4, -0.2) is 32.1 Å². The Balaban J connectivity index is 0.00000144. The van der Waals surface area contributed by atoms with Crippen LogP contribution in [0.5, 0.6) is 0 Å². The summed E-state index contributed by atoms with van der Waals surface area (Å²) in [7, 11) is 0. The van der Waals surface area contributed by atoms with E-state index in [2.05, 4.69) is 9.97 Å². The van der Waals surface area contributed by atoms with Gasteiger partial charge in [-0.2, -0.15) is 0 Å². The summed E-state index contributed by atoms with van der Waals surface area (Å²) in [5.41, 5.74) is -1.10. The first-order chi connectivity index (χ1) is 5.63. The third-order valence-electron chi connectivity index (χ3n) is 1.10. The van der Waals surface area contributed by atoms with Gasteiger partial charge in [-0.25, -0.2) is 19.6 Å². The van der Waals surface area contributed by atoms with Crippen molar-refractivity contribution < 1.29 is 40.2 Å². The van der Waals surface area contributed by atoms with Crippen LogP contribution in [-0.2, 0) is 20.4 Å². The zero-order valence-corrected chi connectivity index (χ0v) is 7.63. The number of hydrogen-bond donors (Lipinski definition) is 2. The first kappa shape index (κ1) is 11.7. The van der Waals surface area contributed by atoms with Crippen LogP contribution in [0.3, 0.4) is 0 Å². The van der Waals surface area contributed by atoms with Crippen LogP contribution >= 0.6 is 0 Å². The van der Waals surface area contributed by atoms with Crippen molar-refractivity contribution in [3.05, 3.63) is 23.8 Å². The number of carboxylic acids is 2. The normalized spacial score (nSPS) is 8.62. The number of carbonyl (C=O) groups is 2. The topological polar surface area (TPSA) is 100 Å². The molecule has 0 aliphatic rings. The minimum absolute atomic E-state index is 0. The van der Waals surface area contributed by atoms with Gasteiger partial charge in [0.25, 0.3) is 0 Å². The second kappa shape index (κ2) is 4.65. The molecule has 0 saturated carbocycles. The molecule has 1 rings (SSSR count). The first-order valence-corrected chi connectivity index (χ1v) is 2.90. The molecule has 0 unspecified atom stereocenters. The van der Waals surface area contributed by atoms with Crippen molar-refractivity contribution in [1.82, 2.24) is 9.97 Å². The standard InChI is InChI=1S/C6H4N2O4.Pd/c9-5(10)3-4(6(11)12)8-2-1-7-3;/h1-2H,(H,9,10)(H,11,12);. The predicted octanol–water partition coefficient (Wildman–Crippen LogP) is -0.130. The second-order valence-corrected chi connectivity index (χ2v) is 1.86. The molecule has 0 fully saturated rings. The molecule has 0 bridgehead atoms. The van der Waals surface area contributed by atoms with E-state index >= 15 is 0 Å². The van der Waals surface area contributed by atoms with Gasteiger partial charge in [0.05, 0.1) is 0 Å². The number of hydrogen-bond acceptors (Lipinski definition) is 4. The molecular weight excluding hydrogens is 270 g/mol. The summed E-state index contributed by atoms with van der Waals surface area (Å²) in [6.45, 7) is 0. The monoisotopic (exact) mass is 274 g/mol. The molecule has 1 aromatic rings. The fourth-order valence-electron chi connectivity index (χ4n) is 0.651. The van der Waals surface area contributed by atoms with Gasteiger partial charge in [-0.1, -0.05) is 0 Å². The third kappa shape index (κ3) is 2.58. The largest absolute Gasteiger partial charge is 0.476 e. The minimum Gasteiger partial charge on any atom is -0.476 e. The molecule has 72 valence electrons. The summed E-state index contributed by atoms with van der Waals surface area (Å²) in [4.78, 5) is 27.4. The summed E-state index contributed by atoms with van der Waals surface area (Å²) in [6.07, 6.45) is 2.24. The van der Waals surface area contributed by atoms with Gasteiger partial charge in [0.1, 0.15) is 0 Å². The molecule has 1 heterocycles. The van der Waals surface area contributed by atoms with Gasteiger partial charge in [0.2, 0.25) is 0 Å². The van der Waals surface area contributed by atoms with Crippen molar-refractivity contribution in [3.8, 4) is 0 Å². The maximum Gasteiger partial charge on any atom is 0.357 e. The Hall–Kier alpha value is -1.32. The van der Waals surface area contributed by atoms with Crippen molar-refractivity contribution in [2.45, 2.75) is 0 Å². The van der Waals surface area contributed by atoms with Crippen LogP contribution in [0.1, 0.15) is 21.0 Å². The summed E-state index contributed by atoms with van der Waals surface area (Å²) < 4.78 is 0. The van der Waals surface area contributed by atoms with Crippen LogP contribution in [0.4, 0.5) is 0 Å². The molecule has 0 spiro atoms. The van der Waals surface area contributed by atoms with E-state index in [-0.39, 0.29) is 20.4 Å². The van der Waals surface area contributed by atoms with E-state index in [0.717, 1.165) is 12.4 Å². The van der Waals surface area contributed by atoms with E-state index in [1.54, 1.807) is 0 Å². The summed E-state index contributed by atoms with van der Waals surface area (Å²) in [5, 5.41) is 16.9. The van der Waals surface area contributed by atoms with E-state index in [1.807, 2.05) is 0 Å². The van der Waals surface area contributed by atoms with Crippen LogP contribution in [0.2, 0.25) is 0 Å². The Labute approximate surface area is 86.3 Å². The SMILES string of the molecule is O=C(O)c1nccnc1C(=O)O.[Pd]. The van der Waals surface area contributed by atoms with Crippen LogP contribution in [0.25, 0.3) is 0 Å². The Morgan fingerprint density at radius 3 is 1.54 bits per heavy atom. The minimum atomic E-state index is -1.40. The molecule has 2 N–H and O–H groups in total. The molecular formula is C6H4N2O4Pd. The van der Waals surface area contributed by atoms with E-state index in [1.165, 1.54) is 0 Å². The van der Waals surface area contributed by atoms with Crippen LogP contribution in [0, 0.1) is 0 Å². The van der Waals surface area contributed by atoms with E-state index in [9.17, 15) is 9.59 Å². The predicted molar refractivity (Wildman–Crippen MR) is 36.0 cm³/mol. The number of carboxylic acid groups (broad SMARTS) is 2. The molecule has 0 saturated heterocycles. The van der Waals surface area contributed by atoms with E-state index in [0.29, 0.717) is 0 Å². The third-order valence-corrected chi connectivity index (χ3v) is 1.10. The zero-order valence-electron chi connectivity index (χ0n) is 6.08. The van der Waals surface area contributed by atoms with E-state index in [4.69, 9.17) is 10.2 Å². The molecule has 6 nitrogen and oxygen atoms in total. The number of nitrogens with zero attached hydrogens (tertiary/aromatic N) is 2. The quantitative estimate of drug-likeness (QED) is 0.729. The summed E-state index contributed by atoms with van der Waals surface area (Å²) in [5.74, 6) is -2.80. The smallest absolute Gasteiger partial charge is 0.357 e. The molecule has 0 radical (unpaired) electrons. The molecule has 0 amide bonds. The molecule has 13 heavy (non-hydrogen) atoms. The zero-order chi connectivity index (χ0) is 9.14. The molecule has 0 aliphatic heterocycles. The number of aromatic nitrogens is 2. The molecule has 1 aromatic heterocycles. The first-order valence-electron chi connectivity index (χ1n) is 2.90. The van der Waals surface area contributed by atoms with Crippen molar-refractivity contribution in [1.29, 1.82) is 0 Å². The van der Waals surface area contributed by atoms with Gasteiger partial charge in [-0.15, -0.1) is 0 Å². The fraction of sp³-hybridized carbons (Fsp3) is 0. The maximum atomic E-state index is 10.4. The Morgan fingerprint density at radius 1 is 1.00 bits per heavy atom. The van der Waals surface area contributed by atoms with Gasteiger partial charge in [0, 0.05) is 32.8 Å². The van der Waals surface area contributed by atoms with Crippen molar-refractivity contribution in [2.75, 3.05) is 0 Å². The summed E-state index contributed by atoms with van der Waals surface area (Å²) in [6, 6.07) is 0. The number of aromatic carboxylic acids is 2. The van der Waals surface area contributed by atoms with Gasteiger partial charge in [0.15, 0.2) is 11.4 Å². The Bertz CT molecular complexity index is 308. The second-order valence-electron chi connectivity index (χ2n) is 1.86. The average Bonchev–Trinajstić information content (AvgIpc) is 2.04. The average molecular weight is 275 g/mol. The van der Waals surface area contributed by atoms with Crippen LogP contribution < -0.4 is 0 Å². The molecule has 0 aromatic carbocycles. The van der Waals surface area contributed by atoms with Gasteiger partial charge in [-0.3, -0.25) is 0 Å². The fourth-order valence-corrected chi connectivity index (χ4v) is 0.651. The van der Waals surface area contributed by atoms with Crippen LogP contribution in [0.15, 0.2) is 12.4 Å². The molecule has 7 heteroatoms. The van der Waals surface area contributed by atoms with Gasteiger partial charge < -0.3 is 10.2 Å². The van der Waals surface area contributed by atoms with Gasteiger partial charge in [-0.05, 0) is 0 Å². The van der Waals surface area contributed by atoms with Crippen molar-refractivity contribution >= 4 is 11.9 Å². The van der Waals surface area contributed by atoms with Gasteiger partial charge >= 0.3 is 11.9 Å². The van der Waals surface area contributed by atoms with E-state index < -0.39 is 23.3 Å².